The Hall–Kier alpha value is -3.40. The maximum atomic E-state index is 14.6. The summed E-state index contributed by atoms with van der Waals surface area (Å²) in [6.45, 7) is 10.6. The Morgan fingerprint density at radius 1 is 1.14 bits per heavy atom. The number of aromatic nitrogens is 4. The highest BCUT2D eigenvalue weighted by atomic mass is 32.1. The normalized spacial score (nSPS) is 17.7. The van der Waals surface area contributed by atoms with Gasteiger partial charge < -0.3 is 15.8 Å². The van der Waals surface area contributed by atoms with E-state index in [2.05, 4.69) is 25.4 Å². The monoisotopic (exact) mass is 724 g/mol. The number of phosphoric acid groups is 1. The van der Waals surface area contributed by atoms with Gasteiger partial charge in [-0.3, -0.25) is 18.8 Å². The number of carbonyl (C=O) groups is 1. The summed E-state index contributed by atoms with van der Waals surface area (Å²) in [5.74, 6) is -2.17. The average Bonchev–Trinajstić information content (AvgIpc) is 3.76. The smallest absolute Gasteiger partial charge is 0.395 e. The summed E-state index contributed by atoms with van der Waals surface area (Å²) in [4.78, 5) is 26.0. The van der Waals surface area contributed by atoms with Gasteiger partial charge in [0.25, 0.3) is 12.6 Å². The Balaban J connectivity index is 1.48. The molecular formula is C32H45F2N7O6PS+. The van der Waals surface area contributed by atoms with E-state index in [1.807, 2.05) is 34.6 Å². The molecule has 1 fully saturated rings. The highest BCUT2D eigenvalue weighted by Crippen LogP contribution is 2.50. The number of hydrogen-bond donors (Lipinski definition) is 3. The largest absolute Gasteiger partial charge is 0.479 e. The van der Waals surface area contributed by atoms with Gasteiger partial charge in [0.15, 0.2) is 5.82 Å². The number of thiazole rings is 1. The van der Waals surface area contributed by atoms with Gasteiger partial charge in [-0.15, -0.1) is 11.3 Å². The number of nitrogens with one attached hydrogen (secondary N) is 2. The summed E-state index contributed by atoms with van der Waals surface area (Å²) < 4.78 is 65.6. The number of rotatable bonds is 17. The molecule has 4 rings (SSSR count). The molecule has 3 heterocycles. The SMILES string of the molecule is CCOC1CCC(N=C/C(NC(=O)c2csc(-c3c[nH][n+](COP(=O)(OCC(C)C)OCC(C)C)c3)n2)=C(\N)c2nc(F)ccc2F)CC1. The Morgan fingerprint density at radius 2 is 1.84 bits per heavy atom. The lowest BCUT2D eigenvalue weighted by atomic mass is 9.93. The molecule has 0 aromatic carbocycles. The maximum Gasteiger partial charge on any atom is 0.479 e. The van der Waals surface area contributed by atoms with Crippen LogP contribution in [0.1, 0.15) is 76.5 Å². The number of aliphatic imine (C=N–C) groups is 1. The predicted molar refractivity (Wildman–Crippen MR) is 181 cm³/mol. The van der Waals surface area contributed by atoms with Crippen molar-refractivity contribution in [2.45, 2.75) is 79.2 Å². The second-order valence-corrected chi connectivity index (χ2v) is 14.9. The van der Waals surface area contributed by atoms with Crippen LogP contribution in [0.3, 0.4) is 0 Å². The molecule has 0 bridgehead atoms. The van der Waals surface area contributed by atoms with Crippen LogP contribution in [-0.2, 0) is 29.6 Å². The van der Waals surface area contributed by atoms with Gasteiger partial charge in [-0.25, -0.2) is 23.4 Å². The minimum Gasteiger partial charge on any atom is -0.395 e. The number of nitrogens with zero attached hydrogens (tertiary/aromatic N) is 4. The molecule has 0 aliphatic heterocycles. The number of H-pyrrole nitrogens is 1. The number of pyridine rings is 1. The van der Waals surface area contributed by atoms with Crippen molar-refractivity contribution in [1.82, 2.24) is 20.4 Å². The van der Waals surface area contributed by atoms with Gasteiger partial charge in [-0.2, -0.15) is 9.49 Å². The minimum atomic E-state index is -3.82. The molecule has 1 saturated carbocycles. The number of ether oxygens (including phenoxy) is 1. The maximum absolute atomic E-state index is 14.6. The summed E-state index contributed by atoms with van der Waals surface area (Å²) in [7, 11) is -3.82. The molecule has 0 unspecified atom stereocenters. The first-order valence-electron chi connectivity index (χ1n) is 16.2. The number of aromatic amines is 1. The number of phosphoric ester groups is 1. The number of carbonyl (C=O) groups excluding carboxylic acids is 1. The summed E-state index contributed by atoms with van der Waals surface area (Å²) in [6.07, 6.45) is 8.05. The fourth-order valence-electron chi connectivity index (χ4n) is 4.69. The lowest BCUT2D eigenvalue weighted by Gasteiger charge is -2.26. The molecule has 17 heteroatoms. The lowest BCUT2D eigenvalue weighted by molar-refractivity contribution is -0.775. The highest BCUT2D eigenvalue weighted by Gasteiger charge is 2.30. The van der Waals surface area contributed by atoms with Crippen LogP contribution in [0.2, 0.25) is 0 Å². The van der Waals surface area contributed by atoms with Crippen LogP contribution in [0.15, 0.2) is 40.6 Å². The molecule has 0 atom stereocenters. The van der Waals surface area contributed by atoms with E-state index >= 15 is 0 Å². The van der Waals surface area contributed by atoms with E-state index in [0.29, 0.717) is 17.2 Å². The Labute approximate surface area is 288 Å². The molecular weight excluding hydrogens is 679 g/mol. The van der Waals surface area contributed by atoms with Gasteiger partial charge in [0.05, 0.1) is 48.5 Å². The van der Waals surface area contributed by atoms with Gasteiger partial charge in [-0.1, -0.05) is 32.4 Å². The van der Waals surface area contributed by atoms with Crippen LogP contribution < -0.4 is 15.7 Å². The van der Waals surface area contributed by atoms with Crippen molar-refractivity contribution < 1.29 is 41.1 Å². The molecule has 1 aliphatic carbocycles. The van der Waals surface area contributed by atoms with E-state index in [1.54, 1.807) is 17.8 Å². The molecule has 0 saturated heterocycles. The average molecular weight is 725 g/mol. The zero-order chi connectivity index (χ0) is 35.6. The van der Waals surface area contributed by atoms with E-state index in [0.717, 1.165) is 37.8 Å². The second kappa shape index (κ2) is 18.0. The summed E-state index contributed by atoms with van der Waals surface area (Å²) >= 11 is 1.20. The van der Waals surface area contributed by atoms with E-state index < -0.39 is 31.2 Å². The third-order valence-corrected chi connectivity index (χ3v) is 9.47. The van der Waals surface area contributed by atoms with Crippen LogP contribution in [0.25, 0.3) is 16.3 Å². The third kappa shape index (κ3) is 11.6. The van der Waals surface area contributed by atoms with Gasteiger partial charge in [-0.05, 0) is 56.6 Å². The molecule has 268 valence electrons. The summed E-state index contributed by atoms with van der Waals surface area (Å²) in [5, 5.41) is 7.68. The quantitative estimate of drug-likeness (QED) is 0.0655. The highest BCUT2D eigenvalue weighted by molar-refractivity contribution is 7.48. The van der Waals surface area contributed by atoms with Crippen molar-refractivity contribution in [3.63, 3.8) is 0 Å². The standard InChI is InChI=1S/C32H44F2N7O6PS/c1-6-44-24-9-7-23(8-10-24)36-14-26(29(35)30-25(33)11-12-28(34)40-30)38-31(42)27-18-49-32(39-27)22-13-37-41(15-22)19-47-48(43,45-16-20(2)3)46-17-21(4)5/h11-15,18,20-21,23-24H,6-10,16-17,19H2,1-5H3,(H3,35,36,38,40,42)/p+1. The van der Waals surface area contributed by atoms with Crippen molar-refractivity contribution in [1.29, 1.82) is 0 Å². The summed E-state index contributed by atoms with van der Waals surface area (Å²) in [5.41, 5.74) is 6.15. The van der Waals surface area contributed by atoms with E-state index in [9.17, 15) is 18.1 Å². The third-order valence-electron chi connectivity index (χ3n) is 7.22. The van der Waals surface area contributed by atoms with Crippen molar-refractivity contribution in [3.8, 4) is 10.6 Å². The molecule has 4 N–H and O–H groups in total. The zero-order valence-corrected chi connectivity index (χ0v) is 30.1. The Kier molecular flexibility index (Phi) is 14.1. The van der Waals surface area contributed by atoms with E-state index in [1.165, 1.54) is 22.2 Å². The van der Waals surface area contributed by atoms with Crippen molar-refractivity contribution in [3.05, 3.63) is 58.8 Å². The molecule has 3 aromatic heterocycles. The number of hydrogen-bond acceptors (Lipinski definition) is 11. The van der Waals surface area contributed by atoms with E-state index in [4.69, 9.17) is 24.0 Å². The van der Waals surface area contributed by atoms with Crippen molar-refractivity contribution >= 4 is 37.0 Å². The Bertz CT molecular complexity index is 1640. The van der Waals surface area contributed by atoms with Crippen LogP contribution in [-0.4, -0.2) is 59.2 Å². The molecule has 0 radical (unpaired) electrons. The summed E-state index contributed by atoms with van der Waals surface area (Å²) in [6, 6.07) is 1.73. The number of nitrogens with two attached hydrogens (primary N) is 1. The topological polar surface area (TPSA) is 167 Å². The fourth-order valence-corrected chi connectivity index (χ4v) is 6.92. The van der Waals surface area contributed by atoms with E-state index in [-0.39, 0.29) is 61.0 Å². The van der Waals surface area contributed by atoms with Crippen LogP contribution in [0, 0.1) is 23.6 Å². The van der Waals surface area contributed by atoms with Gasteiger partial charge in [0.1, 0.15) is 16.4 Å². The molecule has 49 heavy (non-hydrogen) atoms. The molecule has 1 amide bonds. The van der Waals surface area contributed by atoms with Crippen LogP contribution in [0.5, 0.6) is 0 Å². The lowest BCUT2D eigenvalue weighted by Crippen LogP contribution is -2.35. The zero-order valence-electron chi connectivity index (χ0n) is 28.4. The molecule has 0 spiro atoms. The number of halogens is 2. The van der Waals surface area contributed by atoms with Gasteiger partial charge in [0.2, 0.25) is 12.1 Å². The van der Waals surface area contributed by atoms with Crippen LogP contribution >= 0.6 is 19.2 Å². The number of allylic oxidation sites excluding steroid dienone is 1. The first-order valence-corrected chi connectivity index (χ1v) is 18.6. The van der Waals surface area contributed by atoms with Crippen molar-refractivity contribution in [2.24, 2.45) is 22.6 Å². The Morgan fingerprint density at radius 3 is 2.49 bits per heavy atom. The minimum absolute atomic E-state index is 0.0380. The second-order valence-electron chi connectivity index (χ2n) is 12.4. The molecule has 1 aliphatic rings. The predicted octanol–water partition coefficient (Wildman–Crippen LogP) is 6.00. The van der Waals surface area contributed by atoms with Crippen molar-refractivity contribution in [2.75, 3.05) is 19.8 Å². The number of amides is 1. The van der Waals surface area contributed by atoms with Gasteiger partial charge in [0, 0.05) is 18.2 Å². The van der Waals surface area contributed by atoms with Crippen LogP contribution in [0.4, 0.5) is 8.78 Å². The first kappa shape index (κ1) is 38.4. The fraction of sp³-hybridized carbons (Fsp3) is 0.531. The molecule has 13 nitrogen and oxygen atoms in total. The molecule has 3 aromatic rings. The first-order chi connectivity index (χ1) is 23.4. The van der Waals surface area contributed by atoms with Gasteiger partial charge >= 0.3 is 7.82 Å².